The highest BCUT2D eigenvalue weighted by Crippen LogP contribution is 2.21. The maximum Gasteiger partial charge on any atom is 0.270 e. The van der Waals surface area contributed by atoms with Crippen molar-refractivity contribution in [1.29, 1.82) is 0 Å². The molecule has 0 spiro atoms. The Hall–Kier alpha value is -1.73. The Kier molecular flexibility index (Phi) is 3.28. The molecule has 2 heterocycles. The Labute approximate surface area is 99.3 Å². The number of nitrogens with zero attached hydrogens (tertiary/aromatic N) is 3. The van der Waals surface area contributed by atoms with Crippen LogP contribution in [-0.4, -0.2) is 26.5 Å². The largest absolute Gasteiger partial charge is 0.288 e. The van der Waals surface area contributed by atoms with E-state index in [1.54, 1.807) is 11.5 Å². The van der Waals surface area contributed by atoms with Crippen molar-refractivity contribution in [3.8, 4) is 0 Å². The van der Waals surface area contributed by atoms with Crippen molar-refractivity contribution < 1.29 is 4.79 Å². The van der Waals surface area contributed by atoms with Crippen LogP contribution in [0.3, 0.4) is 0 Å². The van der Waals surface area contributed by atoms with E-state index in [9.17, 15) is 4.79 Å². The van der Waals surface area contributed by atoms with E-state index in [0.29, 0.717) is 5.02 Å². The summed E-state index contributed by atoms with van der Waals surface area (Å²) in [6, 6.07) is 0. The van der Waals surface area contributed by atoms with Crippen LogP contribution in [0.2, 0.25) is 5.02 Å². The van der Waals surface area contributed by atoms with Gasteiger partial charge in [-0.3, -0.25) is 10.1 Å². The summed E-state index contributed by atoms with van der Waals surface area (Å²) in [4.78, 5) is 11.4. The van der Waals surface area contributed by atoms with Crippen LogP contribution in [0.5, 0.6) is 0 Å². The van der Waals surface area contributed by atoms with Crippen LogP contribution in [0.25, 0.3) is 6.08 Å². The summed E-state index contributed by atoms with van der Waals surface area (Å²) in [5, 5.41) is 19.4. The standard InChI is InChI=1S/C8H6ClN5OS/c9-6-4-16-3-5(6)1-2-7(15)10-8-11-13-14-12-8/h1-4H,(H2,10,11,12,13,14,15). The second-order valence-electron chi connectivity index (χ2n) is 2.73. The second-order valence-corrected chi connectivity index (χ2v) is 3.88. The first-order chi connectivity index (χ1) is 7.75. The number of amides is 1. The Morgan fingerprint density at radius 2 is 2.44 bits per heavy atom. The van der Waals surface area contributed by atoms with Gasteiger partial charge in [0.1, 0.15) is 0 Å². The molecule has 0 saturated heterocycles. The molecule has 0 saturated carbocycles. The van der Waals surface area contributed by atoms with E-state index in [2.05, 4.69) is 25.9 Å². The highest BCUT2D eigenvalue weighted by Gasteiger charge is 2.02. The maximum atomic E-state index is 11.4. The van der Waals surface area contributed by atoms with Crippen LogP contribution in [0.15, 0.2) is 16.8 Å². The van der Waals surface area contributed by atoms with Crippen LogP contribution >= 0.6 is 22.9 Å². The SMILES string of the molecule is O=C(C=Cc1cscc1Cl)Nc1nn[nH]n1. The summed E-state index contributed by atoms with van der Waals surface area (Å²) in [7, 11) is 0. The summed E-state index contributed by atoms with van der Waals surface area (Å²) in [5.74, 6) is -0.213. The molecule has 0 bridgehead atoms. The van der Waals surface area contributed by atoms with Crippen molar-refractivity contribution in [2.24, 2.45) is 0 Å². The Bertz CT molecular complexity index is 506. The van der Waals surface area contributed by atoms with Gasteiger partial charge in [0.15, 0.2) is 0 Å². The van der Waals surface area contributed by atoms with Gasteiger partial charge in [-0.1, -0.05) is 16.7 Å². The molecule has 0 aliphatic heterocycles. The molecule has 0 unspecified atom stereocenters. The van der Waals surface area contributed by atoms with Gasteiger partial charge in [-0.25, -0.2) is 0 Å². The van der Waals surface area contributed by atoms with E-state index < -0.39 is 0 Å². The average Bonchev–Trinajstić information content (AvgIpc) is 2.87. The molecule has 0 atom stereocenters. The fraction of sp³-hybridized carbons (Fsp3) is 0. The molecule has 8 heteroatoms. The Morgan fingerprint density at radius 3 is 3.06 bits per heavy atom. The smallest absolute Gasteiger partial charge is 0.270 e. The van der Waals surface area contributed by atoms with Crippen molar-refractivity contribution >= 4 is 40.9 Å². The molecule has 0 aliphatic rings. The summed E-state index contributed by atoms with van der Waals surface area (Å²) in [6.07, 6.45) is 2.97. The van der Waals surface area contributed by atoms with Gasteiger partial charge in [0.2, 0.25) is 0 Å². The summed E-state index contributed by atoms with van der Waals surface area (Å²) < 4.78 is 0. The highest BCUT2D eigenvalue weighted by molar-refractivity contribution is 7.08. The minimum atomic E-state index is -0.344. The minimum Gasteiger partial charge on any atom is -0.288 e. The average molecular weight is 256 g/mol. The molecule has 2 aromatic rings. The summed E-state index contributed by atoms with van der Waals surface area (Å²) in [6.45, 7) is 0. The van der Waals surface area contributed by atoms with Crippen molar-refractivity contribution in [2.45, 2.75) is 0 Å². The second kappa shape index (κ2) is 4.86. The molecule has 2 aromatic heterocycles. The number of H-pyrrole nitrogens is 1. The molecule has 0 aromatic carbocycles. The predicted molar refractivity (Wildman–Crippen MR) is 61.2 cm³/mol. The summed E-state index contributed by atoms with van der Waals surface area (Å²) in [5.41, 5.74) is 0.801. The number of carbonyl (C=O) groups excluding carboxylic acids is 1. The number of hydrogen-bond donors (Lipinski definition) is 2. The van der Waals surface area contributed by atoms with Gasteiger partial charge < -0.3 is 0 Å². The molecule has 2 rings (SSSR count). The zero-order valence-electron chi connectivity index (χ0n) is 7.85. The first kappa shape index (κ1) is 10.8. The fourth-order valence-electron chi connectivity index (χ4n) is 0.942. The van der Waals surface area contributed by atoms with Gasteiger partial charge in [0, 0.05) is 17.0 Å². The molecular formula is C8H6ClN5OS. The van der Waals surface area contributed by atoms with E-state index in [1.165, 1.54) is 17.4 Å². The van der Waals surface area contributed by atoms with Crippen molar-refractivity contribution in [3.63, 3.8) is 0 Å². The fourth-order valence-corrected chi connectivity index (χ4v) is 1.95. The zero-order valence-corrected chi connectivity index (χ0v) is 9.42. The lowest BCUT2D eigenvalue weighted by molar-refractivity contribution is -0.111. The Balaban J connectivity index is 1.98. The van der Waals surface area contributed by atoms with E-state index in [4.69, 9.17) is 11.6 Å². The molecule has 0 fully saturated rings. The monoisotopic (exact) mass is 255 g/mol. The van der Waals surface area contributed by atoms with Gasteiger partial charge in [0.25, 0.3) is 11.9 Å². The molecule has 16 heavy (non-hydrogen) atoms. The van der Waals surface area contributed by atoms with Crippen molar-refractivity contribution in [1.82, 2.24) is 20.6 Å². The van der Waals surface area contributed by atoms with Gasteiger partial charge in [-0.15, -0.1) is 5.10 Å². The molecule has 82 valence electrons. The molecule has 0 aliphatic carbocycles. The van der Waals surface area contributed by atoms with Gasteiger partial charge in [-0.05, 0) is 16.7 Å². The lowest BCUT2D eigenvalue weighted by Gasteiger charge is -1.92. The number of carbonyl (C=O) groups is 1. The quantitative estimate of drug-likeness (QED) is 0.816. The van der Waals surface area contributed by atoms with Crippen LogP contribution in [-0.2, 0) is 4.79 Å². The van der Waals surface area contributed by atoms with Gasteiger partial charge >= 0.3 is 0 Å². The van der Waals surface area contributed by atoms with E-state index in [1.807, 2.05) is 5.38 Å². The van der Waals surface area contributed by atoms with Crippen LogP contribution in [0.1, 0.15) is 5.56 Å². The number of nitrogens with one attached hydrogen (secondary N) is 2. The normalized spacial score (nSPS) is 10.8. The number of rotatable bonds is 3. The minimum absolute atomic E-state index is 0.131. The maximum absolute atomic E-state index is 11.4. The topological polar surface area (TPSA) is 83.6 Å². The van der Waals surface area contributed by atoms with E-state index >= 15 is 0 Å². The van der Waals surface area contributed by atoms with Crippen molar-refractivity contribution in [2.75, 3.05) is 5.32 Å². The lowest BCUT2D eigenvalue weighted by atomic mass is 10.3. The zero-order chi connectivity index (χ0) is 11.4. The Morgan fingerprint density at radius 1 is 1.56 bits per heavy atom. The van der Waals surface area contributed by atoms with Crippen LogP contribution in [0.4, 0.5) is 5.95 Å². The van der Waals surface area contributed by atoms with E-state index in [-0.39, 0.29) is 11.9 Å². The highest BCUT2D eigenvalue weighted by atomic mass is 35.5. The number of aromatic nitrogens is 4. The first-order valence-electron chi connectivity index (χ1n) is 4.20. The lowest BCUT2D eigenvalue weighted by Crippen LogP contribution is -2.09. The first-order valence-corrected chi connectivity index (χ1v) is 5.52. The molecule has 1 amide bonds. The number of tetrazole rings is 1. The number of hydrogen-bond acceptors (Lipinski definition) is 5. The number of thiophene rings is 1. The molecule has 6 nitrogen and oxygen atoms in total. The van der Waals surface area contributed by atoms with Crippen LogP contribution < -0.4 is 5.32 Å². The van der Waals surface area contributed by atoms with Gasteiger partial charge in [-0.2, -0.15) is 16.6 Å². The van der Waals surface area contributed by atoms with Gasteiger partial charge in [0.05, 0.1) is 5.02 Å². The third-order valence-corrected chi connectivity index (χ3v) is 2.86. The molecule has 2 N–H and O–H groups in total. The molecular weight excluding hydrogens is 250 g/mol. The number of anilines is 1. The third-order valence-electron chi connectivity index (χ3n) is 1.64. The van der Waals surface area contributed by atoms with Crippen LogP contribution in [0, 0.1) is 0 Å². The summed E-state index contributed by atoms with van der Waals surface area (Å²) >= 11 is 7.32. The number of aromatic amines is 1. The third kappa shape index (κ3) is 2.65. The van der Waals surface area contributed by atoms with Crippen molar-refractivity contribution in [3.05, 3.63) is 27.4 Å². The number of halogens is 1. The van der Waals surface area contributed by atoms with E-state index in [0.717, 1.165) is 5.56 Å². The molecule has 0 radical (unpaired) electrons. The predicted octanol–water partition coefficient (Wildman–Crippen LogP) is 1.57.